The molecule has 0 bridgehead atoms. The van der Waals surface area contributed by atoms with Gasteiger partial charge in [-0.1, -0.05) is 30.3 Å². The number of nitrogens with zero attached hydrogens (tertiary/aromatic N) is 1. The third-order valence-electron chi connectivity index (χ3n) is 3.08. The largest absolute Gasteiger partial charge is 0.480 e. The Morgan fingerprint density at radius 3 is 2.89 bits per heavy atom. The van der Waals surface area contributed by atoms with Crippen molar-refractivity contribution in [1.29, 1.82) is 0 Å². The van der Waals surface area contributed by atoms with Gasteiger partial charge in [-0.3, -0.25) is 9.80 Å². The Labute approximate surface area is 104 Å². The summed E-state index contributed by atoms with van der Waals surface area (Å²) in [5.74, 6) is -1.00. The zero-order valence-corrected chi connectivity index (χ0v) is 9.63. The van der Waals surface area contributed by atoms with E-state index in [2.05, 4.69) is 11.5 Å². The predicted molar refractivity (Wildman–Crippen MR) is 69.7 cm³/mol. The molecule has 5 heteroatoms. The smallest absolute Gasteiger partial charge is 0.321 e. The number of hydrogen-bond donors (Lipinski definition) is 3. The number of anilines is 2. The molecule has 1 aliphatic heterocycles. The number of aliphatic carboxylic acids is 1. The highest BCUT2D eigenvalue weighted by molar-refractivity contribution is 6.11. The minimum atomic E-state index is -1.00. The number of hydrogen-bond acceptors (Lipinski definition) is 4. The van der Waals surface area contributed by atoms with Crippen LogP contribution in [-0.4, -0.2) is 23.7 Å². The molecule has 1 atom stereocenters. The molecule has 92 valence electrons. The van der Waals surface area contributed by atoms with Gasteiger partial charge in [0.05, 0.1) is 11.4 Å². The number of nitrogens with two attached hydrogens (primary N) is 1. The highest BCUT2D eigenvalue weighted by Gasteiger charge is 2.31. The lowest BCUT2D eigenvalue weighted by Gasteiger charge is -2.09. The lowest BCUT2D eigenvalue weighted by molar-refractivity contribution is -0.138. The molecule has 0 amide bonds. The number of carboxylic acid groups (broad SMARTS) is 1. The lowest BCUT2D eigenvalue weighted by atomic mass is 10.1. The van der Waals surface area contributed by atoms with Gasteiger partial charge in [0.2, 0.25) is 0 Å². The molecule has 0 spiro atoms. The number of carboxylic acids is 1. The maximum atomic E-state index is 10.6. The summed E-state index contributed by atoms with van der Waals surface area (Å²) in [6, 6.07) is 11.2. The first-order valence-corrected chi connectivity index (χ1v) is 5.72. The van der Waals surface area contributed by atoms with Gasteiger partial charge in [-0.2, -0.15) is 0 Å². The van der Waals surface area contributed by atoms with Crippen LogP contribution in [0.2, 0.25) is 0 Å². The first-order chi connectivity index (χ1) is 8.68. The van der Waals surface area contributed by atoms with E-state index in [9.17, 15) is 4.79 Å². The van der Waals surface area contributed by atoms with Crippen LogP contribution in [0, 0.1) is 0 Å². The molecule has 0 fully saturated rings. The molecule has 0 radical (unpaired) electrons. The van der Waals surface area contributed by atoms with Gasteiger partial charge < -0.3 is 10.8 Å². The first kappa shape index (κ1) is 11.0. The van der Waals surface area contributed by atoms with Crippen molar-refractivity contribution in [1.82, 2.24) is 5.43 Å². The summed E-state index contributed by atoms with van der Waals surface area (Å²) in [5.41, 5.74) is 10.7. The molecule has 0 unspecified atom stereocenters. The van der Waals surface area contributed by atoms with Gasteiger partial charge >= 0.3 is 5.97 Å². The summed E-state index contributed by atoms with van der Waals surface area (Å²) in [6.45, 7) is 0.207. The van der Waals surface area contributed by atoms with Crippen molar-refractivity contribution in [3.8, 4) is 0 Å². The van der Waals surface area contributed by atoms with Crippen molar-refractivity contribution in [2.45, 2.75) is 6.04 Å². The highest BCUT2D eigenvalue weighted by Crippen LogP contribution is 2.50. The highest BCUT2D eigenvalue weighted by atomic mass is 16.4. The molecule has 0 saturated carbocycles. The maximum absolute atomic E-state index is 10.6. The zero-order chi connectivity index (χ0) is 12.7. The Morgan fingerprint density at radius 1 is 1.33 bits per heavy atom. The molecule has 18 heavy (non-hydrogen) atoms. The lowest BCUT2D eigenvalue weighted by Crippen LogP contribution is -2.42. The summed E-state index contributed by atoms with van der Waals surface area (Å²) in [7, 11) is 0. The molecule has 1 heterocycles. The van der Waals surface area contributed by atoms with Gasteiger partial charge in [-0.15, -0.1) is 0 Å². The number of benzene rings is 2. The number of fused-ring (bicyclic) bond motifs is 3. The minimum Gasteiger partial charge on any atom is -0.480 e. The fourth-order valence-corrected chi connectivity index (χ4v) is 2.06. The minimum absolute atomic E-state index is 0.207. The maximum Gasteiger partial charge on any atom is 0.321 e. The van der Waals surface area contributed by atoms with Gasteiger partial charge in [0, 0.05) is 11.9 Å². The van der Waals surface area contributed by atoms with Crippen LogP contribution in [0.4, 0.5) is 11.4 Å². The van der Waals surface area contributed by atoms with Gasteiger partial charge in [0.1, 0.15) is 6.04 Å². The average molecular weight is 243 g/mol. The molecule has 4 N–H and O–H groups in total. The van der Waals surface area contributed by atoms with Crippen molar-refractivity contribution < 1.29 is 9.90 Å². The van der Waals surface area contributed by atoms with E-state index in [0.29, 0.717) is 0 Å². The fraction of sp³-hybridized carbons (Fsp3) is 0.154. The van der Waals surface area contributed by atoms with Crippen LogP contribution < -0.4 is 16.2 Å². The van der Waals surface area contributed by atoms with Crippen LogP contribution in [0.25, 0.3) is 10.8 Å². The van der Waals surface area contributed by atoms with Gasteiger partial charge in [0.25, 0.3) is 0 Å². The van der Waals surface area contributed by atoms with Gasteiger partial charge in [0.15, 0.2) is 0 Å². The zero-order valence-electron chi connectivity index (χ0n) is 9.63. The molecule has 0 aliphatic carbocycles. The summed E-state index contributed by atoms with van der Waals surface area (Å²) in [4.78, 5) is 10.6. The summed E-state index contributed by atoms with van der Waals surface area (Å²) < 4.78 is 0. The second-order valence-electron chi connectivity index (χ2n) is 4.30. The van der Waals surface area contributed by atoms with E-state index in [1.807, 2.05) is 35.3 Å². The molecular formula is C13H13N3O2. The van der Waals surface area contributed by atoms with Crippen molar-refractivity contribution in [3.05, 3.63) is 36.4 Å². The van der Waals surface area contributed by atoms with E-state index in [4.69, 9.17) is 10.8 Å². The van der Waals surface area contributed by atoms with Crippen LogP contribution in [0.15, 0.2) is 36.4 Å². The molecule has 3 rings (SSSR count). The number of carbonyl (C=O) groups is 1. The summed E-state index contributed by atoms with van der Waals surface area (Å²) in [5, 5.41) is 12.9. The SMILES string of the molecule is N[C@@H](CNN1c2ccc3ccccc3c21)C(=O)O. The van der Waals surface area contributed by atoms with E-state index in [1.165, 1.54) is 5.39 Å². The van der Waals surface area contributed by atoms with Crippen LogP contribution in [0.3, 0.4) is 0 Å². The van der Waals surface area contributed by atoms with Crippen LogP contribution in [0.5, 0.6) is 0 Å². The second kappa shape index (κ2) is 3.97. The van der Waals surface area contributed by atoms with E-state index in [0.717, 1.165) is 16.8 Å². The first-order valence-electron chi connectivity index (χ1n) is 5.72. The van der Waals surface area contributed by atoms with Crippen molar-refractivity contribution in [2.24, 2.45) is 5.73 Å². The van der Waals surface area contributed by atoms with Crippen LogP contribution in [0.1, 0.15) is 0 Å². The quantitative estimate of drug-likeness (QED) is 0.703. The van der Waals surface area contributed by atoms with Crippen LogP contribution >= 0.6 is 0 Å². The van der Waals surface area contributed by atoms with E-state index >= 15 is 0 Å². The molecule has 2 aromatic carbocycles. The molecule has 0 aromatic heterocycles. The monoisotopic (exact) mass is 243 g/mol. The van der Waals surface area contributed by atoms with Gasteiger partial charge in [-0.05, 0) is 11.5 Å². The Balaban J connectivity index is 1.78. The topological polar surface area (TPSA) is 78.4 Å². The molecule has 2 aromatic rings. The van der Waals surface area contributed by atoms with Gasteiger partial charge in [-0.25, -0.2) is 5.43 Å². The number of nitrogens with one attached hydrogen (secondary N) is 1. The summed E-state index contributed by atoms with van der Waals surface area (Å²) in [6.07, 6.45) is 0. The second-order valence-corrected chi connectivity index (χ2v) is 4.30. The molecular weight excluding hydrogens is 230 g/mol. The average Bonchev–Trinajstić information content (AvgIpc) is 3.09. The van der Waals surface area contributed by atoms with Crippen molar-refractivity contribution in [2.75, 3.05) is 11.6 Å². The van der Waals surface area contributed by atoms with E-state index in [-0.39, 0.29) is 6.54 Å². The predicted octanol–water partition coefficient (Wildman–Crippen LogP) is 1.21. The number of rotatable bonds is 4. The molecule has 1 aliphatic rings. The molecule has 0 saturated heterocycles. The summed E-state index contributed by atoms with van der Waals surface area (Å²) >= 11 is 0. The van der Waals surface area contributed by atoms with E-state index < -0.39 is 12.0 Å². The standard InChI is InChI=1S/C13H13N3O2/c14-10(13(17)18)7-15-16-11-6-5-8-3-1-2-4-9(8)12(11)16/h1-6,10,15H,7,14H2,(H,17,18)/t10-,16?/m0/s1. The van der Waals surface area contributed by atoms with Crippen molar-refractivity contribution in [3.63, 3.8) is 0 Å². The van der Waals surface area contributed by atoms with E-state index in [1.54, 1.807) is 0 Å². The normalized spacial score (nSPS) is 14.4. The Kier molecular flexibility index (Phi) is 2.43. The Bertz CT molecular complexity index is 627. The third-order valence-corrected chi connectivity index (χ3v) is 3.08. The van der Waals surface area contributed by atoms with Crippen LogP contribution in [-0.2, 0) is 4.79 Å². The Hall–Kier alpha value is -2.11. The third kappa shape index (κ3) is 1.70. The Morgan fingerprint density at radius 2 is 2.11 bits per heavy atom. The number of hydrazine groups is 1. The molecule has 5 nitrogen and oxygen atoms in total. The van der Waals surface area contributed by atoms with Crippen molar-refractivity contribution >= 4 is 28.1 Å². The fourth-order valence-electron chi connectivity index (χ4n) is 2.06.